The Hall–Kier alpha value is -1.36. The molecule has 0 aliphatic rings. The molecule has 1 aromatic rings. The SMILES string of the molecule is COC(=O)C(C)(C)CNCc1cc(C)no1. The lowest BCUT2D eigenvalue weighted by molar-refractivity contribution is -0.150. The van der Waals surface area contributed by atoms with Gasteiger partial charge in [-0.05, 0) is 20.8 Å². The monoisotopic (exact) mass is 226 g/mol. The van der Waals surface area contributed by atoms with Gasteiger partial charge in [0.1, 0.15) is 0 Å². The average Bonchev–Trinajstić information content (AvgIpc) is 2.62. The van der Waals surface area contributed by atoms with E-state index in [1.54, 1.807) is 0 Å². The summed E-state index contributed by atoms with van der Waals surface area (Å²) in [6.07, 6.45) is 0. The van der Waals surface area contributed by atoms with Gasteiger partial charge in [0.05, 0.1) is 24.8 Å². The Labute approximate surface area is 95.1 Å². The predicted octanol–water partition coefficient (Wildman–Crippen LogP) is 1.27. The van der Waals surface area contributed by atoms with Crippen LogP contribution in [-0.2, 0) is 16.1 Å². The molecule has 16 heavy (non-hydrogen) atoms. The molecule has 0 fully saturated rings. The lowest BCUT2D eigenvalue weighted by Gasteiger charge is -2.21. The van der Waals surface area contributed by atoms with E-state index in [1.165, 1.54) is 7.11 Å². The normalized spacial score (nSPS) is 11.5. The molecular weight excluding hydrogens is 208 g/mol. The number of ether oxygens (including phenoxy) is 1. The molecule has 0 amide bonds. The Bertz CT molecular complexity index is 358. The Morgan fingerprint density at radius 3 is 2.81 bits per heavy atom. The van der Waals surface area contributed by atoms with Crippen molar-refractivity contribution in [1.29, 1.82) is 0 Å². The van der Waals surface area contributed by atoms with Crippen molar-refractivity contribution in [2.75, 3.05) is 13.7 Å². The van der Waals surface area contributed by atoms with Crippen LogP contribution in [0.4, 0.5) is 0 Å². The highest BCUT2D eigenvalue weighted by Gasteiger charge is 2.28. The summed E-state index contributed by atoms with van der Waals surface area (Å²) in [4.78, 5) is 11.4. The second-order valence-electron chi connectivity index (χ2n) is 4.41. The minimum absolute atomic E-state index is 0.228. The van der Waals surface area contributed by atoms with Crippen molar-refractivity contribution in [1.82, 2.24) is 10.5 Å². The van der Waals surface area contributed by atoms with Crippen LogP contribution in [0.15, 0.2) is 10.6 Å². The third-order valence-electron chi connectivity index (χ3n) is 2.28. The predicted molar refractivity (Wildman–Crippen MR) is 58.7 cm³/mol. The summed E-state index contributed by atoms with van der Waals surface area (Å²) in [6.45, 7) is 6.61. The van der Waals surface area contributed by atoms with Crippen LogP contribution in [0.25, 0.3) is 0 Å². The van der Waals surface area contributed by atoms with Gasteiger partial charge in [0.2, 0.25) is 0 Å². The molecule has 5 nitrogen and oxygen atoms in total. The van der Waals surface area contributed by atoms with Gasteiger partial charge in [0.15, 0.2) is 5.76 Å². The zero-order valence-electron chi connectivity index (χ0n) is 10.2. The van der Waals surface area contributed by atoms with Gasteiger partial charge in [-0.1, -0.05) is 5.16 Å². The van der Waals surface area contributed by atoms with Gasteiger partial charge in [-0.25, -0.2) is 0 Å². The molecule has 0 bridgehead atoms. The van der Waals surface area contributed by atoms with Crippen molar-refractivity contribution in [3.8, 4) is 0 Å². The second-order valence-corrected chi connectivity index (χ2v) is 4.41. The molecular formula is C11H18N2O3. The van der Waals surface area contributed by atoms with Crippen LogP contribution in [-0.4, -0.2) is 24.8 Å². The molecule has 1 aromatic heterocycles. The third kappa shape index (κ3) is 3.34. The topological polar surface area (TPSA) is 64.4 Å². The number of hydrogen-bond acceptors (Lipinski definition) is 5. The van der Waals surface area contributed by atoms with E-state index in [2.05, 4.69) is 10.5 Å². The largest absolute Gasteiger partial charge is 0.469 e. The molecule has 1 N–H and O–H groups in total. The number of rotatable bonds is 5. The van der Waals surface area contributed by atoms with Crippen LogP contribution in [0, 0.1) is 12.3 Å². The van der Waals surface area contributed by atoms with Gasteiger partial charge in [-0.2, -0.15) is 0 Å². The zero-order valence-corrected chi connectivity index (χ0v) is 10.2. The maximum absolute atomic E-state index is 11.4. The maximum Gasteiger partial charge on any atom is 0.312 e. The number of nitrogens with zero attached hydrogens (tertiary/aromatic N) is 1. The van der Waals surface area contributed by atoms with Crippen LogP contribution in [0.2, 0.25) is 0 Å². The quantitative estimate of drug-likeness (QED) is 0.766. The standard InChI is InChI=1S/C11H18N2O3/c1-8-5-9(16-13-8)6-12-7-11(2,3)10(14)15-4/h5,12H,6-7H2,1-4H3. The fourth-order valence-corrected chi connectivity index (χ4v) is 1.35. The second kappa shape index (κ2) is 5.12. The lowest BCUT2D eigenvalue weighted by atomic mass is 9.94. The number of aromatic nitrogens is 1. The first kappa shape index (κ1) is 12.7. The first-order valence-corrected chi connectivity index (χ1v) is 5.17. The maximum atomic E-state index is 11.4. The van der Waals surface area contributed by atoms with Gasteiger partial charge >= 0.3 is 5.97 Å². The Morgan fingerprint density at radius 1 is 1.62 bits per heavy atom. The Kier molecular flexibility index (Phi) is 4.06. The van der Waals surface area contributed by atoms with E-state index in [9.17, 15) is 4.79 Å². The van der Waals surface area contributed by atoms with Gasteiger partial charge < -0.3 is 14.6 Å². The number of carbonyl (C=O) groups is 1. The first-order valence-electron chi connectivity index (χ1n) is 5.17. The molecule has 5 heteroatoms. The van der Waals surface area contributed by atoms with E-state index in [0.717, 1.165) is 11.5 Å². The van der Waals surface area contributed by atoms with Gasteiger partial charge in [0, 0.05) is 12.6 Å². The number of aryl methyl sites for hydroxylation is 1. The van der Waals surface area contributed by atoms with Gasteiger partial charge in [-0.3, -0.25) is 4.79 Å². The molecule has 1 heterocycles. The smallest absolute Gasteiger partial charge is 0.312 e. The van der Waals surface area contributed by atoms with Crippen molar-refractivity contribution in [3.63, 3.8) is 0 Å². The van der Waals surface area contributed by atoms with Crippen LogP contribution in [0.3, 0.4) is 0 Å². The number of methoxy groups -OCH3 is 1. The summed E-state index contributed by atoms with van der Waals surface area (Å²) < 4.78 is 9.74. The minimum atomic E-state index is -0.538. The van der Waals surface area contributed by atoms with Crippen molar-refractivity contribution in [2.24, 2.45) is 5.41 Å². The van der Waals surface area contributed by atoms with E-state index in [4.69, 9.17) is 9.26 Å². The summed E-state index contributed by atoms with van der Waals surface area (Å²) >= 11 is 0. The van der Waals surface area contributed by atoms with Crippen LogP contribution < -0.4 is 5.32 Å². The molecule has 0 aromatic carbocycles. The number of nitrogens with one attached hydrogen (secondary N) is 1. The molecule has 0 atom stereocenters. The fourth-order valence-electron chi connectivity index (χ4n) is 1.35. The third-order valence-corrected chi connectivity index (χ3v) is 2.28. The number of hydrogen-bond donors (Lipinski definition) is 1. The Morgan fingerprint density at radius 2 is 2.31 bits per heavy atom. The molecule has 1 rings (SSSR count). The zero-order chi connectivity index (χ0) is 12.2. The Balaban J connectivity index is 2.38. The van der Waals surface area contributed by atoms with E-state index in [0.29, 0.717) is 13.1 Å². The summed E-state index contributed by atoms with van der Waals surface area (Å²) in [5.41, 5.74) is 0.313. The van der Waals surface area contributed by atoms with E-state index in [1.807, 2.05) is 26.8 Å². The highest BCUT2D eigenvalue weighted by Crippen LogP contribution is 2.15. The lowest BCUT2D eigenvalue weighted by Crippen LogP contribution is -2.36. The number of carbonyl (C=O) groups excluding carboxylic acids is 1. The van der Waals surface area contributed by atoms with Crippen molar-refractivity contribution in [2.45, 2.75) is 27.3 Å². The van der Waals surface area contributed by atoms with Crippen molar-refractivity contribution < 1.29 is 14.1 Å². The average molecular weight is 226 g/mol. The van der Waals surface area contributed by atoms with E-state index >= 15 is 0 Å². The highest BCUT2D eigenvalue weighted by atomic mass is 16.5. The van der Waals surface area contributed by atoms with Crippen molar-refractivity contribution >= 4 is 5.97 Å². The van der Waals surface area contributed by atoms with Crippen LogP contribution in [0.5, 0.6) is 0 Å². The van der Waals surface area contributed by atoms with E-state index < -0.39 is 5.41 Å². The molecule has 0 saturated heterocycles. The molecule has 0 saturated carbocycles. The van der Waals surface area contributed by atoms with Crippen LogP contribution in [0.1, 0.15) is 25.3 Å². The highest BCUT2D eigenvalue weighted by molar-refractivity contribution is 5.76. The summed E-state index contributed by atoms with van der Waals surface area (Å²) in [7, 11) is 1.39. The van der Waals surface area contributed by atoms with Crippen LogP contribution >= 0.6 is 0 Å². The molecule has 0 unspecified atom stereocenters. The summed E-state index contributed by atoms with van der Waals surface area (Å²) in [6, 6.07) is 1.86. The number of esters is 1. The van der Waals surface area contributed by atoms with Gasteiger partial charge in [-0.15, -0.1) is 0 Å². The molecule has 0 radical (unpaired) electrons. The minimum Gasteiger partial charge on any atom is -0.469 e. The fraction of sp³-hybridized carbons (Fsp3) is 0.636. The molecule has 0 spiro atoms. The summed E-state index contributed by atoms with van der Waals surface area (Å²) in [5, 5.41) is 6.91. The molecule has 0 aliphatic heterocycles. The van der Waals surface area contributed by atoms with Crippen molar-refractivity contribution in [3.05, 3.63) is 17.5 Å². The molecule has 90 valence electrons. The van der Waals surface area contributed by atoms with Gasteiger partial charge in [0.25, 0.3) is 0 Å². The molecule has 0 aliphatic carbocycles. The van der Waals surface area contributed by atoms with E-state index in [-0.39, 0.29) is 5.97 Å². The first-order chi connectivity index (χ1) is 7.45. The summed E-state index contributed by atoms with van der Waals surface area (Å²) in [5.74, 6) is 0.534.